The molecular weight excluding hydrogens is 444 g/mol. The maximum atomic E-state index is 13.6. The van der Waals surface area contributed by atoms with E-state index in [0.717, 1.165) is 33.0 Å². The number of rotatable bonds is 7. The van der Waals surface area contributed by atoms with Gasteiger partial charge in [-0.1, -0.05) is 77.9 Å². The number of amides is 1. The summed E-state index contributed by atoms with van der Waals surface area (Å²) in [6.07, 6.45) is 0. The lowest BCUT2D eigenvalue weighted by atomic mass is 10.0. The van der Waals surface area contributed by atoms with Gasteiger partial charge in [-0.15, -0.1) is 0 Å². The predicted octanol–water partition coefficient (Wildman–Crippen LogP) is 5.28. The summed E-state index contributed by atoms with van der Waals surface area (Å²) in [4.78, 5) is 13.2. The van der Waals surface area contributed by atoms with Gasteiger partial charge < -0.3 is 5.32 Å². The van der Waals surface area contributed by atoms with Crippen LogP contribution < -0.4 is 9.62 Å². The van der Waals surface area contributed by atoms with Crippen molar-refractivity contribution in [3.63, 3.8) is 0 Å². The van der Waals surface area contributed by atoms with Gasteiger partial charge in [0.1, 0.15) is 6.54 Å². The second-order valence-electron chi connectivity index (χ2n) is 8.53. The molecule has 0 saturated carbocycles. The molecule has 0 atom stereocenters. The number of hydrogen-bond acceptors (Lipinski definition) is 3. The van der Waals surface area contributed by atoms with Crippen LogP contribution in [0.15, 0.2) is 89.8 Å². The van der Waals surface area contributed by atoms with Gasteiger partial charge in [0.25, 0.3) is 10.0 Å². The van der Waals surface area contributed by atoms with Crippen LogP contribution >= 0.6 is 0 Å². The molecule has 0 aliphatic heterocycles. The number of nitrogens with zero attached hydrogens (tertiary/aromatic N) is 1. The average molecular weight is 473 g/mol. The van der Waals surface area contributed by atoms with Gasteiger partial charge in [-0.05, 0) is 60.9 Å². The van der Waals surface area contributed by atoms with Crippen LogP contribution in [0.2, 0.25) is 0 Å². The van der Waals surface area contributed by atoms with Crippen molar-refractivity contribution < 1.29 is 13.2 Å². The quantitative estimate of drug-likeness (QED) is 0.398. The van der Waals surface area contributed by atoms with Crippen LogP contribution in [0, 0.1) is 20.8 Å². The summed E-state index contributed by atoms with van der Waals surface area (Å²) in [5, 5.41) is 5.06. The molecule has 0 saturated heterocycles. The summed E-state index contributed by atoms with van der Waals surface area (Å²) in [7, 11) is -3.95. The number of aryl methyl sites for hydroxylation is 3. The third kappa shape index (κ3) is 4.97. The second kappa shape index (κ2) is 9.69. The van der Waals surface area contributed by atoms with Gasteiger partial charge in [-0.25, -0.2) is 8.42 Å². The van der Waals surface area contributed by atoms with Crippen molar-refractivity contribution in [3.8, 4) is 0 Å². The van der Waals surface area contributed by atoms with E-state index < -0.39 is 10.0 Å². The maximum Gasteiger partial charge on any atom is 0.264 e. The number of carbonyl (C=O) groups excluding carboxylic acids is 1. The Bertz CT molecular complexity index is 1440. The van der Waals surface area contributed by atoms with Gasteiger partial charge in [-0.3, -0.25) is 9.10 Å². The highest BCUT2D eigenvalue weighted by molar-refractivity contribution is 7.92. The van der Waals surface area contributed by atoms with E-state index in [9.17, 15) is 13.2 Å². The average Bonchev–Trinajstić information content (AvgIpc) is 2.82. The number of hydrogen-bond donors (Lipinski definition) is 1. The summed E-state index contributed by atoms with van der Waals surface area (Å²) in [5.41, 5.74) is 4.24. The van der Waals surface area contributed by atoms with Crippen molar-refractivity contribution in [2.24, 2.45) is 0 Å². The number of anilines is 1. The molecule has 4 rings (SSSR count). The third-order valence-electron chi connectivity index (χ3n) is 5.87. The number of nitrogens with one attached hydrogen (secondary N) is 1. The SMILES string of the molecule is Cc1ccc(S(=O)(=O)N(CC(=O)NCc2cccc3ccccc23)c2ccc(C)cc2C)cc1. The minimum Gasteiger partial charge on any atom is -0.350 e. The van der Waals surface area contributed by atoms with E-state index in [1.807, 2.05) is 75.4 Å². The Balaban J connectivity index is 1.62. The molecule has 1 N–H and O–H groups in total. The molecule has 4 aromatic rings. The Labute approximate surface area is 201 Å². The minimum absolute atomic E-state index is 0.153. The fourth-order valence-electron chi connectivity index (χ4n) is 4.05. The van der Waals surface area contributed by atoms with E-state index in [-0.39, 0.29) is 17.3 Å². The topological polar surface area (TPSA) is 66.5 Å². The Hall–Kier alpha value is -3.64. The molecule has 0 aliphatic carbocycles. The zero-order chi connectivity index (χ0) is 24.3. The van der Waals surface area contributed by atoms with Crippen LogP contribution in [0.5, 0.6) is 0 Å². The van der Waals surface area contributed by atoms with Gasteiger partial charge in [0.2, 0.25) is 5.91 Å². The van der Waals surface area contributed by atoms with Crippen molar-refractivity contribution in [1.29, 1.82) is 0 Å². The Kier molecular flexibility index (Phi) is 6.70. The Morgan fingerprint density at radius 3 is 2.24 bits per heavy atom. The molecule has 1 amide bonds. The molecular formula is C28H28N2O3S. The molecule has 0 spiro atoms. The molecule has 0 heterocycles. The van der Waals surface area contributed by atoms with Crippen LogP contribution in [-0.2, 0) is 21.4 Å². The van der Waals surface area contributed by atoms with E-state index in [0.29, 0.717) is 12.2 Å². The third-order valence-corrected chi connectivity index (χ3v) is 7.65. The van der Waals surface area contributed by atoms with Crippen molar-refractivity contribution in [3.05, 3.63) is 107 Å². The van der Waals surface area contributed by atoms with Gasteiger partial charge in [0.15, 0.2) is 0 Å². The van der Waals surface area contributed by atoms with Crippen molar-refractivity contribution in [1.82, 2.24) is 5.32 Å². The largest absolute Gasteiger partial charge is 0.350 e. The summed E-state index contributed by atoms with van der Waals surface area (Å²) in [6, 6.07) is 26.1. The van der Waals surface area contributed by atoms with Gasteiger partial charge in [0.05, 0.1) is 10.6 Å². The molecule has 5 nitrogen and oxygen atoms in total. The zero-order valence-electron chi connectivity index (χ0n) is 19.6. The fourth-order valence-corrected chi connectivity index (χ4v) is 5.53. The number of benzene rings is 4. The van der Waals surface area contributed by atoms with E-state index in [2.05, 4.69) is 5.32 Å². The fraction of sp³-hybridized carbons (Fsp3) is 0.179. The normalized spacial score (nSPS) is 11.4. The molecule has 0 unspecified atom stereocenters. The summed E-state index contributed by atoms with van der Waals surface area (Å²) < 4.78 is 28.4. The van der Waals surface area contributed by atoms with Gasteiger partial charge in [-0.2, -0.15) is 0 Å². The zero-order valence-corrected chi connectivity index (χ0v) is 20.4. The predicted molar refractivity (Wildman–Crippen MR) is 137 cm³/mol. The van der Waals surface area contributed by atoms with Crippen molar-refractivity contribution in [2.45, 2.75) is 32.2 Å². The van der Waals surface area contributed by atoms with Crippen LogP contribution in [0.1, 0.15) is 22.3 Å². The highest BCUT2D eigenvalue weighted by atomic mass is 32.2. The standard InChI is InChI=1S/C28H28N2O3S/c1-20-11-14-25(15-12-20)34(32,33)30(27-16-13-21(2)17-22(27)3)19-28(31)29-18-24-9-6-8-23-7-4-5-10-26(23)24/h4-17H,18-19H2,1-3H3,(H,29,31). The summed E-state index contributed by atoms with van der Waals surface area (Å²) >= 11 is 0. The van der Waals surface area contributed by atoms with E-state index >= 15 is 0 Å². The smallest absolute Gasteiger partial charge is 0.264 e. The first-order chi connectivity index (χ1) is 16.3. The van der Waals surface area contributed by atoms with E-state index in [1.54, 1.807) is 30.3 Å². The number of sulfonamides is 1. The molecule has 4 aromatic carbocycles. The second-order valence-corrected chi connectivity index (χ2v) is 10.4. The van der Waals surface area contributed by atoms with E-state index in [1.165, 1.54) is 4.31 Å². The van der Waals surface area contributed by atoms with Crippen LogP contribution in [0.25, 0.3) is 10.8 Å². The minimum atomic E-state index is -3.95. The first-order valence-electron chi connectivity index (χ1n) is 11.2. The first-order valence-corrected chi connectivity index (χ1v) is 12.6. The molecule has 0 fully saturated rings. The molecule has 0 aromatic heterocycles. The molecule has 34 heavy (non-hydrogen) atoms. The first kappa shape index (κ1) is 23.5. The molecule has 0 radical (unpaired) electrons. The van der Waals surface area contributed by atoms with Crippen LogP contribution in [-0.4, -0.2) is 20.9 Å². The molecule has 6 heteroatoms. The summed E-state index contributed by atoms with van der Waals surface area (Å²) in [6.45, 7) is 5.70. The Morgan fingerprint density at radius 2 is 1.50 bits per heavy atom. The number of fused-ring (bicyclic) bond motifs is 1. The molecule has 0 bridgehead atoms. The van der Waals surface area contributed by atoms with Crippen molar-refractivity contribution in [2.75, 3.05) is 10.8 Å². The molecule has 0 aliphatic rings. The lowest BCUT2D eigenvalue weighted by Gasteiger charge is -2.26. The van der Waals surface area contributed by atoms with Crippen LogP contribution in [0.3, 0.4) is 0 Å². The lowest BCUT2D eigenvalue weighted by molar-refractivity contribution is -0.119. The van der Waals surface area contributed by atoms with Crippen molar-refractivity contribution >= 4 is 32.4 Å². The van der Waals surface area contributed by atoms with Gasteiger partial charge >= 0.3 is 0 Å². The summed E-state index contributed by atoms with van der Waals surface area (Å²) in [5.74, 6) is -0.372. The Morgan fingerprint density at radius 1 is 0.824 bits per heavy atom. The highest BCUT2D eigenvalue weighted by Gasteiger charge is 2.28. The monoisotopic (exact) mass is 472 g/mol. The van der Waals surface area contributed by atoms with Gasteiger partial charge in [0, 0.05) is 6.54 Å². The lowest BCUT2D eigenvalue weighted by Crippen LogP contribution is -2.41. The van der Waals surface area contributed by atoms with Crippen LogP contribution in [0.4, 0.5) is 5.69 Å². The highest BCUT2D eigenvalue weighted by Crippen LogP contribution is 2.28. The maximum absolute atomic E-state index is 13.6. The number of carbonyl (C=O) groups is 1. The molecule has 174 valence electrons. The van der Waals surface area contributed by atoms with E-state index in [4.69, 9.17) is 0 Å².